The van der Waals surface area contributed by atoms with Gasteiger partial charge in [-0.3, -0.25) is 4.79 Å². The molecule has 2 rings (SSSR count). The minimum absolute atomic E-state index is 0.00230. The van der Waals surface area contributed by atoms with E-state index in [0.29, 0.717) is 31.6 Å². The number of likely N-dealkylation sites (tertiary alicyclic amines) is 1. The maximum Gasteiger partial charge on any atom is 0.321 e. The molecule has 7 heteroatoms. The Bertz CT molecular complexity index is 545. The number of carboxylic acid groups (broad SMARTS) is 1. The summed E-state index contributed by atoms with van der Waals surface area (Å²) in [6, 6.07) is 3.76. The second-order valence-electron chi connectivity index (χ2n) is 5.09. The highest BCUT2D eigenvalue weighted by atomic mass is 35.5. The van der Waals surface area contributed by atoms with E-state index in [9.17, 15) is 14.0 Å². The number of carbonyl (C=O) groups is 2. The summed E-state index contributed by atoms with van der Waals surface area (Å²) in [6.07, 6.45) is 1.46. The third-order valence-electron chi connectivity index (χ3n) is 3.54. The van der Waals surface area contributed by atoms with Gasteiger partial charge in [-0.2, -0.15) is 0 Å². The Morgan fingerprint density at radius 3 is 2.62 bits per heavy atom. The van der Waals surface area contributed by atoms with E-state index >= 15 is 0 Å². The first kappa shape index (κ1) is 15.6. The Labute approximate surface area is 126 Å². The average molecular weight is 315 g/mol. The molecule has 1 aliphatic rings. The van der Waals surface area contributed by atoms with E-state index in [1.807, 2.05) is 0 Å². The number of carboxylic acids is 1. The van der Waals surface area contributed by atoms with Crippen LogP contribution in [-0.2, 0) is 4.79 Å². The Balaban J connectivity index is 1.87. The number of piperidine rings is 1. The van der Waals surface area contributed by atoms with Gasteiger partial charge in [-0.1, -0.05) is 11.6 Å². The van der Waals surface area contributed by atoms with Crippen LogP contribution in [0, 0.1) is 11.7 Å². The number of benzene rings is 1. The van der Waals surface area contributed by atoms with Crippen LogP contribution >= 0.6 is 11.6 Å². The van der Waals surface area contributed by atoms with Crippen molar-refractivity contribution >= 4 is 29.3 Å². The van der Waals surface area contributed by atoms with Crippen molar-refractivity contribution in [1.82, 2.24) is 4.90 Å². The van der Waals surface area contributed by atoms with Crippen LogP contribution in [0.25, 0.3) is 0 Å². The van der Waals surface area contributed by atoms with Crippen molar-refractivity contribution in [2.75, 3.05) is 18.4 Å². The lowest BCUT2D eigenvalue weighted by atomic mass is 9.94. The van der Waals surface area contributed by atoms with Crippen molar-refractivity contribution in [1.29, 1.82) is 0 Å². The van der Waals surface area contributed by atoms with Gasteiger partial charge in [-0.05, 0) is 37.0 Å². The Morgan fingerprint density at radius 1 is 1.38 bits per heavy atom. The molecule has 1 saturated heterocycles. The monoisotopic (exact) mass is 314 g/mol. The van der Waals surface area contributed by atoms with E-state index in [1.165, 1.54) is 12.1 Å². The highest BCUT2D eigenvalue weighted by Gasteiger charge is 2.24. The van der Waals surface area contributed by atoms with E-state index in [0.717, 1.165) is 6.07 Å². The van der Waals surface area contributed by atoms with Crippen LogP contribution in [0.2, 0.25) is 5.02 Å². The van der Waals surface area contributed by atoms with Gasteiger partial charge in [0.1, 0.15) is 5.82 Å². The number of nitrogens with zero attached hydrogens (tertiary/aromatic N) is 1. The van der Waals surface area contributed by atoms with Crippen LogP contribution in [-0.4, -0.2) is 35.1 Å². The molecule has 1 aromatic carbocycles. The summed E-state index contributed by atoms with van der Waals surface area (Å²) in [7, 11) is 0. The molecule has 2 amide bonds. The van der Waals surface area contributed by atoms with Crippen LogP contribution in [0.4, 0.5) is 14.9 Å². The number of hydrogen-bond donors (Lipinski definition) is 2. The topological polar surface area (TPSA) is 69.6 Å². The molecule has 5 nitrogen and oxygen atoms in total. The van der Waals surface area contributed by atoms with Gasteiger partial charge in [0.05, 0.1) is 5.02 Å². The quantitative estimate of drug-likeness (QED) is 0.900. The van der Waals surface area contributed by atoms with Gasteiger partial charge < -0.3 is 15.3 Å². The van der Waals surface area contributed by atoms with E-state index in [1.54, 1.807) is 4.90 Å². The molecule has 1 heterocycles. The molecule has 114 valence electrons. The predicted octanol–water partition coefficient (Wildman–Crippen LogP) is 3.20. The summed E-state index contributed by atoms with van der Waals surface area (Å²) in [5, 5.41) is 11.4. The fourth-order valence-electron chi connectivity index (χ4n) is 2.36. The van der Waals surface area contributed by atoms with Crippen LogP contribution in [0.3, 0.4) is 0 Å². The molecule has 0 atom stereocenters. The molecule has 0 saturated carbocycles. The molecular weight excluding hydrogens is 299 g/mol. The largest absolute Gasteiger partial charge is 0.481 e. The highest BCUT2D eigenvalue weighted by molar-refractivity contribution is 6.30. The molecule has 0 radical (unpaired) electrons. The summed E-state index contributed by atoms with van der Waals surface area (Å²) in [4.78, 5) is 24.3. The Kier molecular flexibility index (Phi) is 5.01. The van der Waals surface area contributed by atoms with Gasteiger partial charge in [-0.15, -0.1) is 0 Å². The van der Waals surface area contributed by atoms with Gasteiger partial charge in [-0.25, -0.2) is 9.18 Å². The SMILES string of the molecule is O=C(O)CC1CCN(C(=O)Nc2ccc(Cl)c(F)c2)CC1. The number of rotatable bonds is 3. The van der Waals surface area contributed by atoms with Crippen molar-refractivity contribution in [2.24, 2.45) is 5.92 Å². The molecule has 0 aromatic heterocycles. The maximum absolute atomic E-state index is 13.3. The first-order valence-corrected chi connectivity index (χ1v) is 7.06. The highest BCUT2D eigenvalue weighted by Crippen LogP contribution is 2.22. The minimum Gasteiger partial charge on any atom is -0.481 e. The summed E-state index contributed by atoms with van der Waals surface area (Å²) >= 11 is 5.58. The van der Waals surface area contributed by atoms with E-state index in [2.05, 4.69) is 5.32 Å². The van der Waals surface area contributed by atoms with Crippen LogP contribution < -0.4 is 5.32 Å². The predicted molar refractivity (Wildman–Crippen MR) is 77.0 cm³/mol. The zero-order valence-electron chi connectivity index (χ0n) is 11.3. The lowest BCUT2D eigenvalue weighted by molar-refractivity contribution is -0.138. The third-order valence-corrected chi connectivity index (χ3v) is 3.84. The molecule has 1 fully saturated rings. The number of aliphatic carboxylic acids is 1. The van der Waals surface area contributed by atoms with Gasteiger partial charge in [0.15, 0.2) is 0 Å². The Morgan fingerprint density at radius 2 is 2.05 bits per heavy atom. The zero-order chi connectivity index (χ0) is 15.4. The molecule has 0 unspecified atom stereocenters. The second-order valence-corrected chi connectivity index (χ2v) is 5.49. The van der Waals surface area contributed by atoms with Crippen LogP contribution in [0.15, 0.2) is 18.2 Å². The van der Waals surface area contributed by atoms with Crippen LogP contribution in [0.5, 0.6) is 0 Å². The number of nitrogens with one attached hydrogen (secondary N) is 1. The standard InChI is InChI=1S/C14H16ClFN2O3/c15-11-2-1-10(8-12(11)16)17-14(21)18-5-3-9(4-6-18)7-13(19)20/h1-2,8-9H,3-7H2,(H,17,21)(H,19,20). The van der Waals surface area contributed by atoms with Crippen molar-refractivity contribution in [3.63, 3.8) is 0 Å². The lowest BCUT2D eigenvalue weighted by Gasteiger charge is -2.31. The second kappa shape index (κ2) is 6.76. The fourth-order valence-corrected chi connectivity index (χ4v) is 2.48. The summed E-state index contributed by atoms with van der Waals surface area (Å²) in [5.74, 6) is -1.29. The van der Waals surface area contributed by atoms with E-state index in [-0.39, 0.29) is 23.4 Å². The number of amides is 2. The summed E-state index contributed by atoms with van der Waals surface area (Å²) in [5.41, 5.74) is 0.342. The van der Waals surface area contributed by atoms with Gasteiger partial charge in [0.25, 0.3) is 0 Å². The van der Waals surface area contributed by atoms with Crippen LogP contribution in [0.1, 0.15) is 19.3 Å². The number of urea groups is 1. The van der Waals surface area contributed by atoms with Crippen molar-refractivity contribution < 1.29 is 19.1 Å². The first-order valence-electron chi connectivity index (χ1n) is 6.68. The smallest absolute Gasteiger partial charge is 0.321 e. The number of halogens is 2. The van der Waals surface area contributed by atoms with Gasteiger partial charge in [0.2, 0.25) is 0 Å². The molecule has 0 aliphatic carbocycles. The lowest BCUT2D eigenvalue weighted by Crippen LogP contribution is -2.41. The van der Waals surface area contributed by atoms with Crippen molar-refractivity contribution in [2.45, 2.75) is 19.3 Å². The normalized spacial score (nSPS) is 15.8. The Hall–Kier alpha value is -1.82. The molecule has 0 spiro atoms. The average Bonchev–Trinajstić information content (AvgIpc) is 2.43. The van der Waals surface area contributed by atoms with E-state index in [4.69, 9.17) is 16.7 Å². The van der Waals surface area contributed by atoms with Crippen molar-refractivity contribution in [3.8, 4) is 0 Å². The molecular formula is C14H16ClFN2O3. The number of anilines is 1. The summed E-state index contributed by atoms with van der Waals surface area (Å²) in [6.45, 7) is 1.000. The summed E-state index contributed by atoms with van der Waals surface area (Å²) < 4.78 is 13.3. The maximum atomic E-state index is 13.3. The molecule has 1 aromatic rings. The van der Waals surface area contributed by atoms with Gasteiger partial charge >= 0.3 is 12.0 Å². The van der Waals surface area contributed by atoms with Crippen molar-refractivity contribution in [3.05, 3.63) is 29.0 Å². The number of carbonyl (C=O) groups excluding carboxylic acids is 1. The minimum atomic E-state index is -0.811. The molecule has 1 aliphatic heterocycles. The number of hydrogen-bond acceptors (Lipinski definition) is 2. The third kappa shape index (κ3) is 4.32. The first-order chi connectivity index (χ1) is 9.95. The zero-order valence-corrected chi connectivity index (χ0v) is 12.1. The molecule has 2 N–H and O–H groups in total. The van der Waals surface area contributed by atoms with Gasteiger partial charge in [0, 0.05) is 25.2 Å². The fraction of sp³-hybridized carbons (Fsp3) is 0.429. The van der Waals surface area contributed by atoms with E-state index < -0.39 is 11.8 Å². The molecule has 0 bridgehead atoms. The molecule has 21 heavy (non-hydrogen) atoms.